The molecule has 0 bridgehead atoms. The Bertz CT molecular complexity index is 2940. The zero-order valence-electron chi connectivity index (χ0n) is 28.6. The van der Waals surface area contributed by atoms with Crippen LogP contribution in [0.3, 0.4) is 0 Å². The van der Waals surface area contributed by atoms with Crippen LogP contribution in [0.25, 0.3) is 72.4 Å². The first-order valence-electron chi connectivity index (χ1n) is 18.0. The van der Waals surface area contributed by atoms with Gasteiger partial charge in [-0.1, -0.05) is 127 Å². The molecular weight excluding hydrogens is 647 g/mol. The van der Waals surface area contributed by atoms with Crippen molar-refractivity contribution in [2.45, 2.75) is 5.41 Å². The SMILES string of the molecule is c1ccc(C2(c3ccccc3)c3cc(-c4ccc(-c5ccc6nc7c8ccccc8oc7n6c5)cc4)ccc3-c3ccc(-c4cccnc4)cc32)cc1. The molecule has 4 nitrogen and oxygen atoms in total. The molecule has 0 spiro atoms. The molecule has 4 heteroatoms. The van der Waals surface area contributed by atoms with E-state index in [-0.39, 0.29) is 0 Å². The van der Waals surface area contributed by atoms with E-state index in [1.165, 1.54) is 44.5 Å². The van der Waals surface area contributed by atoms with Crippen molar-refractivity contribution in [1.82, 2.24) is 14.4 Å². The van der Waals surface area contributed by atoms with Gasteiger partial charge in [0.1, 0.15) is 16.7 Å². The second-order valence-corrected chi connectivity index (χ2v) is 13.8. The van der Waals surface area contributed by atoms with Crippen LogP contribution in [0.4, 0.5) is 0 Å². The highest BCUT2D eigenvalue weighted by Gasteiger charge is 2.46. The molecule has 0 saturated carbocycles. The molecule has 53 heavy (non-hydrogen) atoms. The number of para-hydroxylation sites is 1. The van der Waals surface area contributed by atoms with Gasteiger partial charge >= 0.3 is 0 Å². The molecule has 0 radical (unpaired) electrons. The molecule has 4 heterocycles. The maximum Gasteiger partial charge on any atom is 0.232 e. The third-order valence-corrected chi connectivity index (χ3v) is 11.0. The fourth-order valence-corrected chi connectivity index (χ4v) is 8.56. The topological polar surface area (TPSA) is 43.3 Å². The van der Waals surface area contributed by atoms with Gasteiger partial charge in [-0.05, 0) is 109 Å². The molecule has 0 amide bonds. The van der Waals surface area contributed by atoms with Crippen molar-refractivity contribution in [3.63, 3.8) is 0 Å². The maximum atomic E-state index is 6.24. The largest absolute Gasteiger partial charge is 0.437 e. The smallest absolute Gasteiger partial charge is 0.232 e. The summed E-state index contributed by atoms with van der Waals surface area (Å²) < 4.78 is 8.30. The first kappa shape index (κ1) is 29.7. The summed E-state index contributed by atoms with van der Waals surface area (Å²) in [6.07, 6.45) is 5.91. The van der Waals surface area contributed by atoms with Crippen LogP contribution in [0.2, 0.25) is 0 Å². The number of nitrogens with zero attached hydrogens (tertiary/aromatic N) is 3. The third kappa shape index (κ3) is 4.42. The predicted molar refractivity (Wildman–Crippen MR) is 214 cm³/mol. The van der Waals surface area contributed by atoms with E-state index >= 15 is 0 Å². The van der Waals surface area contributed by atoms with Crippen molar-refractivity contribution in [3.05, 3.63) is 211 Å². The molecule has 4 aromatic heterocycles. The van der Waals surface area contributed by atoms with E-state index in [9.17, 15) is 0 Å². The maximum absolute atomic E-state index is 6.24. The van der Waals surface area contributed by atoms with Gasteiger partial charge in [0.15, 0.2) is 0 Å². The summed E-state index contributed by atoms with van der Waals surface area (Å²) in [5.74, 6) is 0. The molecule has 10 aromatic rings. The molecule has 1 aliphatic rings. The van der Waals surface area contributed by atoms with Crippen LogP contribution < -0.4 is 0 Å². The Morgan fingerprint density at radius 2 is 1.08 bits per heavy atom. The number of pyridine rings is 2. The Hall–Kier alpha value is -7.04. The Labute approximate surface area is 306 Å². The van der Waals surface area contributed by atoms with Crippen molar-refractivity contribution in [3.8, 4) is 44.5 Å². The Morgan fingerprint density at radius 1 is 0.491 bits per heavy atom. The zero-order chi connectivity index (χ0) is 34.9. The Morgan fingerprint density at radius 3 is 1.74 bits per heavy atom. The molecular formula is C49H31N3O. The van der Waals surface area contributed by atoms with E-state index in [1.54, 1.807) is 0 Å². The van der Waals surface area contributed by atoms with Crippen molar-refractivity contribution >= 4 is 27.8 Å². The zero-order valence-corrected chi connectivity index (χ0v) is 28.6. The predicted octanol–water partition coefficient (Wildman–Crippen LogP) is 12.0. The van der Waals surface area contributed by atoms with E-state index < -0.39 is 5.41 Å². The molecule has 1 aliphatic carbocycles. The van der Waals surface area contributed by atoms with Crippen LogP contribution in [0, 0.1) is 0 Å². The second kappa shape index (κ2) is 11.5. The van der Waals surface area contributed by atoms with Gasteiger partial charge in [-0.15, -0.1) is 0 Å². The average molecular weight is 678 g/mol. The molecule has 11 rings (SSSR count). The number of imidazole rings is 1. The van der Waals surface area contributed by atoms with Crippen LogP contribution in [-0.2, 0) is 5.41 Å². The summed E-state index contributed by atoms with van der Waals surface area (Å²) >= 11 is 0. The van der Waals surface area contributed by atoms with E-state index in [1.807, 2.05) is 36.7 Å². The van der Waals surface area contributed by atoms with E-state index in [0.29, 0.717) is 0 Å². The van der Waals surface area contributed by atoms with Gasteiger partial charge in [-0.25, -0.2) is 4.98 Å². The van der Waals surface area contributed by atoms with Gasteiger partial charge in [-0.3, -0.25) is 9.38 Å². The Balaban J connectivity index is 1.05. The summed E-state index contributed by atoms with van der Waals surface area (Å²) in [5, 5.41) is 1.03. The molecule has 0 atom stereocenters. The number of rotatable bonds is 5. The lowest BCUT2D eigenvalue weighted by atomic mass is 9.67. The Kier molecular flexibility index (Phi) is 6.43. The van der Waals surface area contributed by atoms with Gasteiger partial charge in [-0.2, -0.15) is 0 Å². The molecule has 0 fully saturated rings. The monoisotopic (exact) mass is 677 g/mol. The van der Waals surface area contributed by atoms with Gasteiger partial charge < -0.3 is 4.42 Å². The minimum Gasteiger partial charge on any atom is -0.437 e. The van der Waals surface area contributed by atoms with Gasteiger partial charge in [0.2, 0.25) is 5.71 Å². The van der Waals surface area contributed by atoms with Gasteiger partial charge in [0.05, 0.1) is 5.41 Å². The average Bonchev–Trinajstić information content (AvgIpc) is 3.88. The first-order valence-corrected chi connectivity index (χ1v) is 18.0. The lowest BCUT2D eigenvalue weighted by Crippen LogP contribution is -2.28. The molecule has 0 unspecified atom stereocenters. The summed E-state index contributed by atoms with van der Waals surface area (Å²) in [4.78, 5) is 9.32. The highest BCUT2D eigenvalue weighted by Crippen LogP contribution is 2.57. The summed E-state index contributed by atoms with van der Waals surface area (Å²) in [6.45, 7) is 0. The minimum atomic E-state index is -0.510. The van der Waals surface area contributed by atoms with Crippen LogP contribution in [-0.4, -0.2) is 14.4 Å². The fourth-order valence-electron chi connectivity index (χ4n) is 8.56. The first-order chi connectivity index (χ1) is 26.3. The van der Waals surface area contributed by atoms with Crippen molar-refractivity contribution in [2.24, 2.45) is 0 Å². The van der Waals surface area contributed by atoms with Gasteiger partial charge in [0.25, 0.3) is 0 Å². The van der Waals surface area contributed by atoms with E-state index in [4.69, 9.17) is 9.40 Å². The summed E-state index contributed by atoms with van der Waals surface area (Å²) in [6, 6.07) is 61.2. The number of hydrogen-bond acceptors (Lipinski definition) is 3. The van der Waals surface area contributed by atoms with Crippen LogP contribution in [0.15, 0.2) is 193 Å². The quantitative estimate of drug-likeness (QED) is 0.182. The van der Waals surface area contributed by atoms with Gasteiger partial charge in [0, 0.05) is 24.0 Å². The van der Waals surface area contributed by atoms with Crippen LogP contribution in [0.5, 0.6) is 0 Å². The van der Waals surface area contributed by atoms with E-state index in [0.717, 1.165) is 50.1 Å². The lowest BCUT2D eigenvalue weighted by molar-refractivity contribution is 0.649. The highest BCUT2D eigenvalue weighted by molar-refractivity contribution is 6.03. The lowest BCUT2D eigenvalue weighted by Gasteiger charge is -2.34. The number of fused-ring (bicyclic) bond motifs is 8. The molecule has 0 aliphatic heterocycles. The number of furan rings is 1. The molecule has 6 aromatic carbocycles. The molecule has 0 saturated heterocycles. The summed E-state index contributed by atoms with van der Waals surface area (Å²) in [7, 11) is 0. The minimum absolute atomic E-state index is 0.510. The van der Waals surface area contributed by atoms with Crippen molar-refractivity contribution < 1.29 is 4.42 Å². The molecule has 248 valence electrons. The van der Waals surface area contributed by atoms with Crippen molar-refractivity contribution in [1.29, 1.82) is 0 Å². The fraction of sp³-hybridized carbons (Fsp3) is 0.0204. The van der Waals surface area contributed by atoms with Crippen molar-refractivity contribution in [2.75, 3.05) is 0 Å². The second-order valence-electron chi connectivity index (χ2n) is 13.8. The molecule has 0 N–H and O–H groups in total. The van der Waals surface area contributed by atoms with Crippen LogP contribution >= 0.6 is 0 Å². The third-order valence-electron chi connectivity index (χ3n) is 11.0. The number of hydrogen-bond donors (Lipinski definition) is 0. The normalized spacial score (nSPS) is 13.1. The number of benzene rings is 6. The summed E-state index contributed by atoms with van der Waals surface area (Å²) in [5.41, 5.74) is 17.3. The van der Waals surface area contributed by atoms with E-state index in [2.05, 4.69) is 161 Å². The standard InChI is InChI=1S/C49H31N3O/c1-3-11-38(12-4-1)49(39-13-5-2-6-14-39)43-28-34(21-24-40(43)41-25-22-35(29-44(41)49)36-10-9-27-50-30-36)32-17-19-33(20-18-32)37-23-26-46-51-47-42-15-7-8-16-45(42)53-48(47)52(46)31-37/h1-31H. The number of aromatic nitrogens is 3. The van der Waals surface area contributed by atoms with Crippen LogP contribution in [0.1, 0.15) is 22.3 Å². The highest BCUT2D eigenvalue weighted by atomic mass is 16.3.